The van der Waals surface area contributed by atoms with Crippen LogP contribution in [0.1, 0.15) is 6.92 Å². The van der Waals surface area contributed by atoms with E-state index in [1.54, 1.807) is 0 Å². The number of allylic oxidation sites excluding steroid dienone is 1. The van der Waals surface area contributed by atoms with Crippen molar-refractivity contribution < 1.29 is 0 Å². The minimum absolute atomic E-state index is 0.583. The molecule has 0 aliphatic heterocycles. The molecule has 0 spiro atoms. The summed E-state index contributed by atoms with van der Waals surface area (Å²) in [6.45, 7) is 1.88. The summed E-state index contributed by atoms with van der Waals surface area (Å²) in [7, 11) is 2.45. The predicted octanol–water partition coefficient (Wildman–Crippen LogP) is 0.939. The molecule has 3 heteroatoms. The fraction of sp³-hybridized carbons (Fsp3) is 0.333. The Hall–Kier alpha value is 0.320. The molecule has 0 rings (SSSR count). The van der Waals surface area contributed by atoms with Gasteiger partial charge in [-0.15, -0.1) is 21.9 Å². The quantitative estimate of drug-likeness (QED) is 0.362. The summed E-state index contributed by atoms with van der Waals surface area (Å²) >= 11 is 3.83. The Kier molecular flexibility index (Phi) is 2.62. The Balaban J connectivity index is 3.68. The maximum absolute atomic E-state index is 5.16. The number of nitrogens with two attached hydrogens (primary N) is 1. The highest BCUT2D eigenvalue weighted by Crippen LogP contribution is 2.07. The van der Waals surface area contributed by atoms with Gasteiger partial charge in [0.15, 0.2) is 0 Å². The molecular formula is C3H8NPS. The van der Waals surface area contributed by atoms with E-state index in [1.165, 1.54) is 0 Å². The highest BCUT2D eigenvalue weighted by Gasteiger charge is 1.77. The third-order valence-electron chi connectivity index (χ3n) is 0.404. The minimum Gasteiger partial charge on any atom is -0.393 e. The van der Waals surface area contributed by atoms with Crippen LogP contribution in [0.3, 0.4) is 0 Å². The van der Waals surface area contributed by atoms with Crippen LogP contribution in [0.2, 0.25) is 0 Å². The third kappa shape index (κ3) is 2.55. The Morgan fingerprint density at radius 1 is 1.83 bits per heavy atom. The Morgan fingerprint density at radius 3 is 2.00 bits per heavy atom. The third-order valence-corrected chi connectivity index (χ3v) is 1.31. The average molecular weight is 121 g/mol. The van der Waals surface area contributed by atoms with Gasteiger partial charge in [-0.1, -0.05) is 0 Å². The maximum Gasteiger partial charge on any atom is 0.0653 e. The smallest absolute Gasteiger partial charge is 0.0653 e. The molecular weight excluding hydrogens is 113 g/mol. The van der Waals surface area contributed by atoms with E-state index in [4.69, 9.17) is 5.73 Å². The van der Waals surface area contributed by atoms with Gasteiger partial charge in [0.05, 0.1) is 5.03 Å². The normalized spacial score (nSPS) is 13.8. The molecule has 1 atom stereocenters. The highest BCUT2D eigenvalue weighted by molar-refractivity contribution is 7.84. The van der Waals surface area contributed by atoms with Gasteiger partial charge < -0.3 is 5.73 Å². The zero-order valence-corrected chi connectivity index (χ0v) is 5.65. The van der Waals surface area contributed by atoms with Crippen LogP contribution in [0.4, 0.5) is 0 Å². The molecule has 0 aliphatic carbocycles. The van der Waals surface area contributed by atoms with E-state index in [-0.39, 0.29) is 0 Å². The molecule has 0 heterocycles. The van der Waals surface area contributed by atoms with Crippen molar-refractivity contribution in [1.82, 2.24) is 0 Å². The van der Waals surface area contributed by atoms with Gasteiger partial charge in [0, 0.05) is 0 Å². The first kappa shape index (κ1) is 6.32. The average Bonchev–Trinajstić information content (AvgIpc) is 1.36. The number of rotatable bonds is 0. The zero-order valence-electron chi connectivity index (χ0n) is 3.60. The Morgan fingerprint density at radius 2 is 2.00 bits per heavy atom. The van der Waals surface area contributed by atoms with E-state index in [9.17, 15) is 0 Å². The van der Waals surface area contributed by atoms with Gasteiger partial charge in [-0.2, -0.15) is 0 Å². The molecule has 0 aromatic heterocycles. The molecule has 2 N–H and O–H groups in total. The predicted molar refractivity (Wildman–Crippen MR) is 35.6 cm³/mol. The Labute approximate surface area is 45.6 Å². The molecule has 36 valence electrons. The molecule has 0 aromatic rings. The lowest BCUT2D eigenvalue weighted by Crippen LogP contribution is -1.86. The fourth-order valence-corrected chi connectivity index (χ4v) is 0. The van der Waals surface area contributed by atoms with Crippen LogP contribution in [-0.2, 0) is 0 Å². The van der Waals surface area contributed by atoms with Crippen LogP contribution in [0.25, 0.3) is 0 Å². The van der Waals surface area contributed by atoms with E-state index in [1.807, 2.05) is 6.92 Å². The van der Waals surface area contributed by atoms with Gasteiger partial charge in [-0.3, -0.25) is 0 Å². The number of thiol groups is 1. The lowest BCUT2D eigenvalue weighted by atomic mass is 10.7. The molecule has 0 saturated heterocycles. The van der Waals surface area contributed by atoms with E-state index < -0.39 is 0 Å². The van der Waals surface area contributed by atoms with Crippen molar-refractivity contribution in [2.24, 2.45) is 5.73 Å². The summed E-state index contributed by atoms with van der Waals surface area (Å²) in [4.78, 5) is 0. The van der Waals surface area contributed by atoms with Gasteiger partial charge in [0.2, 0.25) is 0 Å². The van der Waals surface area contributed by atoms with Crippen molar-refractivity contribution in [3.63, 3.8) is 0 Å². The second kappa shape index (κ2) is 2.49. The number of hydrogen-bond donors (Lipinski definition) is 2. The minimum atomic E-state index is 0.583. The molecule has 0 radical (unpaired) electrons. The van der Waals surface area contributed by atoms with Gasteiger partial charge >= 0.3 is 0 Å². The molecule has 0 bridgehead atoms. The summed E-state index contributed by atoms with van der Waals surface area (Å²) in [5.74, 6) is 0. The second-order valence-electron chi connectivity index (χ2n) is 1.07. The molecule has 0 aromatic carbocycles. The Bertz CT molecular complexity index is 60.9. The first-order chi connectivity index (χ1) is 2.64. The second-order valence-corrected chi connectivity index (χ2v) is 2.42. The van der Waals surface area contributed by atoms with E-state index in [0.717, 1.165) is 5.31 Å². The van der Waals surface area contributed by atoms with Crippen molar-refractivity contribution in [2.75, 3.05) is 0 Å². The molecule has 1 nitrogen and oxygen atoms in total. The summed E-state index contributed by atoms with van der Waals surface area (Å²) in [6, 6.07) is 0. The van der Waals surface area contributed by atoms with Crippen molar-refractivity contribution in [3.05, 3.63) is 10.3 Å². The standard InChI is InChI=1S/C3H8NPS/c1-2(5)3(4)6/h6H,4-5H2,1H3/b3-2-. The van der Waals surface area contributed by atoms with Gasteiger partial charge in [-0.05, 0) is 12.2 Å². The van der Waals surface area contributed by atoms with Crippen LogP contribution in [0.5, 0.6) is 0 Å². The topological polar surface area (TPSA) is 26.0 Å². The molecule has 0 aliphatic rings. The lowest BCUT2D eigenvalue weighted by molar-refractivity contribution is 1.48. The molecule has 1 unspecified atom stereocenters. The zero-order chi connectivity index (χ0) is 5.15. The lowest BCUT2D eigenvalue weighted by Gasteiger charge is -1.87. The van der Waals surface area contributed by atoms with Gasteiger partial charge in [0.1, 0.15) is 0 Å². The molecule has 0 fully saturated rings. The van der Waals surface area contributed by atoms with E-state index in [2.05, 4.69) is 21.9 Å². The van der Waals surface area contributed by atoms with Crippen LogP contribution in [0.15, 0.2) is 10.3 Å². The highest BCUT2D eigenvalue weighted by atomic mass is 32.1. The van der Waals surface area contributed by atoms with Crippen LogP contribution >= 0.6 is 21.9 Å². The van der Waals surface area contributed by atoms with E-state index in [0.29, 0.717) is 5.03 Å². The first-order valence-electron chi connectivity index (χ1n) is 1.55. The van der Waals surface area contributed by atoms with Crippen LogP contribution in [-0.4, -0.2) is 0 Å². The van der Waals surface area contributed by atoms with E-state index >= 15 is 0 Å². The number of hydrogen-bond acceptors (Lipinski definition) is 2. The monoisotopic (exact) mass is 121 g/mol. The first-order valence-corrected chi connectivity index (χ1v) is 2.58. The van der Waals surface area contributed by atoms with Crippen LogP contribution < -0.4 is 5.73 Å². The van der Waals surface area contributed by atoms with Crippen LogP contribution in [0, 0.1) is 0 Å². The summed E-state index contributed by atoms with van der Waals surface area (Å²) in [6.07, 6.45) is 0. The summed E-state index contributed by atoms with van der Waals surface area (Å²) in [5.41, 5.74) is 5.16. The SMILES string of the molecule is C/C(P)=C(\N)S. The fourth-order valence-electron chi connectivity index (χ4n) is 0. The van der Waals surface area contributed by atoms with Crippen molar-refractivity contribution >= 4 is 21.9 Å². The van der Waals surface area contributed by atoms with Crippen molar-refractivity contribution in [3.8, 4) is 0 Å². The molecule has 6 heavy (non-hydrogen) atoms. The van der Waals surface area contributed by atoms with Gasteiger partial charge in [0.25, 0.3) is 0 Å². The van der Waals surface area contributed by atoms with Crippen molar-refractivity contribution in [2.45, 2.75) is 6.92 Å². The van der Waals surface area contributed by atoms with Crippen molar-refractivity contribution in [1.29, 1.82) is 0 Å². The van der Waals surface area contributed by atoms with Gasteiger partial charge in [-0.25, -0.2) is 0 Å². The molecule has 0 amide bonds. The summed E-state index contributed by atoms with van der Waals surface area (Å²) < 4.78 is 0. The molecule has 0 saturated carbocycles. The largest absolute Gasteiger partial charge is 0.393 e. The maximum atomic E-state index is 5.16. The summed E-state index contributed by atoms with van der Waals surface area (Å²) in [5, 5.41) is 1.57.